The van der Waals surface area contributed by atoms with Gasteiger partial charge in [-0.25, -0.2) is 0 Å². The summed E-state index contributed by atoms with van der Waals surface area (Å²) < 4.78 is 5.47. The molecule has 4 rings (SSSR count). The van der Waals surface area contributed by atoms with Crippen molar-refractivity contribution in [3.8, 4) is 11.5 Å². The Hall–Kier alpha value is -3.54. The predicted octanol–water partition coefficient (Wildman–Crippen LogP) is 3.61. The monoisotopic (exact) mass is 376 g/mol. The van der Waals surface area contributed by atoms with Crippen LogP contribution in [0, 0.1) is 6.92 Å². The van der Waals surface area contributed by atoms with Crippen LogP contribution in [0.25, 0.3) is 10.8 Å². The second-order valence-electron chi connectivity index (χ2n) is 6.78. The van der Waals surface area contributed by atoms with Gasteiger partial charge in [0.2, 0.25) is 5.91 Å². The molecule has 0 saturated carbocycles. The van der Waals surface area contributed by atoms with E-state index in [9.17, 15) is 14.7 Å². The second kappa shape index (κ2) is 7.23. The number of anilines is 2. The largest absolute Gasteiger partial charge is 0.507 e. The zero-order chi connectivity index (χ0) is 19.7. The summed E-state index contributed by atoms with van der Waals surface area (Å²) in [5.74, 6) is 0.444. The molecule has 1 heterocycles. The maximum Gasteiger partial charge on any atom is 0.265 e. The molecule has 6 heteroatoms. The second-order valence-corrected chi connectivity index (χ2v) is 6.78. The molecule has 1 aliphatic rings. The van der Waals surface area contributed by atoms with Gasteiger partial charge in [-0.15, -0.1) is 0 Å². The van der Waals surface area contributed by atoms with E-state index in [0.29, 0.717) is 22.5 Å². The van der Waals surface area contributed by atoms with E-state index in [1.807, 2.05) is 31.2 Å². The lowest BCUT2D eigenvalue weighted by atomic mass is 10.1. The Morgan fingerprint density at radius 3 is 2.79 bits per heavy atom. The number of benzene rings is 3. The molecule has 2 N–H and O–H groups in total. The van der Waals surface area contributed by atoms with Gasteiger partial charge in [0, 0.05) is 29.4 Å². The lowest BCUT2D eigenvalue weighted by molar-refractivity contribution is -0.121. The molecule has 142 valence electrons. The summed E-state index contributed by atoms with van der Waals surface area (Å²) in [7, 11) is 0. The van der Waals surface area contributed by atoms with Crippen LogP contribution >= 0.6 is 0 Å². The third kappa shape index (κ3) is 3.36. The van der Waals surface area contributed by atoms with E-state index in [0.717, 1.165) is 10.9 Å². The fourth-order valence-corrected chi connectivity index (χ4v) is 3.39. The van der Waals surface area contributed by atoms with E-state index in [2.05, 4.69) is 5.32 Å². The lowest BCUT2D eigenvalue weighted by Gasteiger charge is -2.29. The number of carbonyl (C=O) groups is 2. The SMILES string of the molecule is Cc1ccc2c(c1)N(CCC(=O)Nc1cccc3c(O)cccc13)C(=O)CO2. The summed E-state index contributed by atoms with van der Waals surface area (Å²) in [5.41, 5.74) is 2.34. The van der Waals surface area contributed by atoms with Gasteiger partial charge in [-0.3, -0.25) is 9.59 Å². The number of carbonyl (C=O) groups excluding carboxylic acids is 2. The third-order valence-electron chi connectivity index (χ3n) is 4.79. The summed E-state index contributed by atoms with van der Waals surface area (Å²) in [6, 6.07) is 16.2. The van der Waals surface area contributed by atoms with Crippen molar-refractivity contribution in [2.24, 2.45) is 0 Å². The van der Waals surface area contributed by atoms with E-state index < -0.39 is 0 Å². The Balaban J connectivity index is 1.50. The first-order chi connectivity index (χ1) is 13.5. The molecule has 1 aliphatic heterocycles. The quantitative estimate of drug-likeness (QED) is 0.729. The maximum absolute atomic E-state index is 12.5. The normalized spacial score (nSPS) is 13.2. The maximum atomic E-state index is 12.5. The average molecular weight is 376 g/mol. The van der Waals surface area contributed by atoms with Gasteiger partial charge in [-0.05, 0) is 36.8 Å². The number of phenolic OH excluding ortho intramolecular Hbond substituents is 1. The Morgan fingerprint density at radius 2 is 1.93 bits per heavy atom. The number of hydrogen-bond acceptors (Lipinski definition) is 4. The lowest BCUT2D eigenvalue weighted by Crippen LogP contribution is -2.40. The molecule has 0 bridgehead atoms. The Bertz CT molecular complexity index is 1080. The molecule has 3 aromatic carbocycles. The molecule has 0 saturated heterocycles. The first-order valence-corrected chi connectivity index (χ1v) is 9.07. The van der Waals surface area contributed by atoms with Gasteiger partial charge in [-0.1, -0.05) is 30.3 Å². The Morgan fingerprint density at radius 1 is 1.14 bits per heavy atom. The molecular formula is C22H20N2O4. The molecule has 28 heavy (non-hydrogen) atoms. The fraction of sp³-hybridized carbons (Fsp3) is 0.182. The average Bonchev–Trinajstić information content (AvgIpc) is 2.68. The number of amides is 2. The smallest absolute Gasteiger partial charge is 0.265 e. The zero-order valence-electron chi connectivity index (χ0n) is 15.4. The van der Waals surface area contributed by atoms with E-state index in [1.54, 1.807) is 35.2 Å². The van der Waals surface area contributed by atoms with Crippen molar-refractivity contribution in [2.45, 2.75) is 13.3 Å². The van der Waals surface area contributed by atoms with Crippen LogP contribution < -0.4 is 15.0 Å². The van der Waals surface area contributed by atoms with Crippen LogP contribution in [0.1, 0.15) is 12.0 Å². The molecule has 0 aliphatic carbocycles. The van der Waals surface area contributed by atoms with Crippen molar-refractivity contribution in [1.82, 2.24) is 0 Å². The van der Waals surface area contributed by atoms with E-state index in [4.69, 9.17) is 4.74 Å². The van der Waals surface area contributed by atoms with E-state index in [1.165, 1.54) is 0 Å². The van der Waals surface area contributed by atoms with Crippen molar-refractivity contribution in [2.75, 3.05) is 23.4 Å². The van der Waals surface area contributed by atoms with Crippen LogP contribution in [-0.4, -0.2) is 30.1 Å². The number of phenols is 1. The minimum atomic E-state index is -0.204. The van der Waals surface area contributed by atoms with E-state index >= 15 is 0 Å². The van der Waals surface area contributed by atoms with Gasteiger partial charge >= 0.3 is 0 Å². The van der Waals surface area contributed by atoms with Crippen molar-refractivity contribution < 1.29 is 19.4 Å². The van der Waals surface area contributed by atoms with Crippen LogP contribution in [0.15, 0.2) is 54.6 Å². The third-order valence-corrected chi connectivity index (χ3v) is 4.79. The highest BCUT2D eigenvalue weighted by molar-refractivity contribution is 6.04. The zero-order valence-corrected chi connectivity index (χ0v) is 15.4. The van der Waals surface area contributed by atoms with Crippen LogP contribution in [0.2, 0.25) is 0 Å². The molecule has 3 aromatic rings. The minimum Gasteiger partial charge on any atom is -0.507 e. The molecule has 6 nitrogen and oxygen atoms in total. The number of aryl methyl sites for hydroxylation is 1. The van der Waals surface area contributed by atoms with Gasteiger partial charge in [0.05, 0.1) is 5.69 Å². The fourth-order valence-electron chi connectivity index (χ4n) is 3.39. The van der Waals surface area contributed by atoms with Crippen molar-refractivity contribution in [1.29, 1.82) is 0 Å². The van der Waals surface area contributed by atoms with Crippen LogP contribution in [-0.2, 0) is 9.59 Å². The molecule has 2 amide bonds. The molecule has 0 spiro atoms. The topological polar surface area (TPSA) is 78.9 Å². The Kier molecular flexibility index (Phi) is 4.61. The first kappa shape index (κ1) is 17.9. The molecule has 0 fully saturated rings. The van der Waals surface area contributed by atoms with Gasteiger partial charge in [-0.2, -0.15) is 0 Å². The highest BCUT2D eigenvalue weighted by atomic mass is 16.5. The molecule has 0 unspecified atom stereocenters. The summed E-state index contributed by atoms with van der Waals surface area (Å²) >= 11 is 0. The first-order valence-electron chi connectivity index (χ1n) is 9.07. The molecular weight excluding hydrogens is 356 g/mol. The molecule has 0 radical (unpaired) electrons. The predicted molar refractivity (Wildman–Crippen MR) is 108 cm³/mol. The number of nitrogens with one attached hydrogen (secondary N) is 1. The summed E-state index contributed by atoms with van der Waals surface area (Å²) in [6.07, 6.45) is 0.147. The summed E-state index contributed by atoms with van der Waals surface area (Å²) in [5, 5.41) is 14.3. The number of ether oxygens (including phenoxy) is 1. The van der Waals surface area contributed by atoms with Crippen molar-refractivity contribution in [3.05, 3.63) is 60.2 Å². The minimum absolute atomic E-state index is 0.0275. The summed E-state index contributed by atoms with van der Waals surface area (Å²) in [6.45, 7) is 2.18. The molecule has 0 atom stereocenters. The van der Waals surface area contributed by atoms with Crippen LogP contribution in [0.5, 0.6) is 11.5 Å². The number of hydrogen-bond donors (Lipinski definition) is 2. The van der Waals surface area contributed by atoms with Crippen LogP contribution in [0.4, 0.5) is 11.4 Å². The number of nitrogens with zero attached hydrogens (tertiary/aromatic N) is 1. The van der Waals surface area contributed by atoms with Crippen molar-refractivity contribution in [3.63, 3.8) is 0 Å². The van der Waals surface area contributed by atoms with Gasteiger partial charge in [0.15, 0.2) is 6.61 Å². The highest BCUT2D eigenvalue weighted by Gasteiger charge is 2.26. The summed E-state index contributed by atoms with van der Waals surface area (Å²) in [4.78, 5) is 26.4. The number of aromatic hydroxyl groups is 1. The molecule has 0 aromatic heterocycles. The number of fused-ring (bicyclic) bond motifs is 2. The van der Waals surface area contributed by atoms with Gasteiger partial charge in [0.25, 0.3) is 5.91 Å². The number of rotatable bonds is 4. The van der Waals surface area contributed by atoms with Gasteiger partial charge < -0.3 is 20.1 Å². The van der Waals surface area contributed by atoms with Crippen LogP contribution in [0.3, 0.4) is 0 Å². The standard InChI is InChI=1S/C22H20N2O4/c1-14-8-9-20-18(12-14)24(22(27)13-28-20)11-10-21(26)23-17-6-2-5-16-15(17)4-3-7-19(16)25/h2-9,12,25H,10-11,13H2,1H3,(H,23,26). The highest BCUT2D eigenvalue weighted by Crippen LogP contribution is 2.33. The Labute approximate surface area is 162 Å². The van der Waals surface area contributed by atoms with Gasteiger partial charge in [0.1, 0.15) is 11.5 Å². The van der Waals surface area contributed by atoms with E-state index in [-0.39, 0.29) is 37.1 Å². The van der Waals surface area contributed by atoms with Crippen molar-refractivity contribution >= 4 is 34.0 Å².